The summed E-state index contributed by atoms with van der Waals surface area (Å²) < 4.78 is 56.2. The van der Waals surface area contributed by atoms with Crippen molar-refractivity contribution in [3.8, 4) is 0 Å². The van der Waals surface area contributed by atoms with Crippen LogP contribution < -0.4 is 45.4 Å². The number of aromatic nitrogens is 6. The predicted octanol–water partition coefficient (Wildman–Crippen LogP) is 2.33. The van der Waals surface area contributed by atoms with Gasteiger partial charge in [0.15, 0.2) is 6.17 Å². The van der Waals surface area contributed by atoms with Crippen molar-refractivity contribution in [2.24, 2.45) is 0 Å². The summed E-state index contributed by atoms with van der Waals surface area (Å²) in [5, 5.41) is 33.1. The molecule has 0 amide bonds. The third-order valence-corrected chi connectivity index (χ3v) is 9.92. The first-order chi connectivity index (χ1) is 26.5. The summed E-state index contributed by atoms with van der Waals surface area (Å²) in [4.78, 5) is 29.6. The number of likely N-dealkylation sites (N-methyl/N-ethyl adjacent to an activating group) is 1. The van der Waals surface area contributed by atoms with Gasteiger partial charge < -0.3 is 40.4 Å². The minimum atomic E-state index is -2.81. The fourth-order valence-electron chi connectivity index (χ4n) is 6.60. The number of aliphatic hydroxyl groups excluding tert-OH is 2. The van der Waals surface area contributed by atoms with Crippen LogP contribution in [0.3, 0.4) is 0 Å². The van der Waals surface area contributed by atoms with Gasteiger partial charge in [-0.2, -0.15) is 4.98 Å². The van der Waals surface area contributed by atoms with E-state index in [0.29, 0.717) is 61.8 Å². The second-order valence-corrected chi connectivity index (χ2v) is 13.8. The number of nitrogens with one attached hydrogen (secondary N) is 4. The highest BCUT2D eigenvalue weighted by Crippen LogP contribution is 2.31. The first-order valence-electron chi connectivity index (χ1n) is 18.1. The van der Waals surface area contributed by atoms with Crippen molar-refractivity contribution in [2.75, 3.05) is 103 Å². The molecule has 3 aliphatic rings. The first kappa shape index (κ1) is 38.1. The highest BCUT2D eigenvalue weighted by Gasteiger charge is 2.31. The van der Waals surface area contributed by atoms with Crippen molar-refractivity contribution >= 4 is 46.3 Å². The van der Waals surface area contributed by atoms with E-state index in [0.717, 1.165) is 43.8 Å². The molecule has 7 heterocycles. The van der Waals surface area contributed by atoms with Crippen molar-refractivity contribution in [2.45, 2.75) is 38.1 Å². The number of hydrogen-bond acceptors (Lipinski definition) is 15. The Hall–Kier alpha value is -5.18. The van der Waals surface area contributed by atoms with Gasteiger partial charge >= 0.3 is 5.82 Å². The average molecular weight is 770 g/mol. The third-order valence-electron chi connectivity index (χ3n) is 9.92. The third kappa shape index (κ3) is 8.87. The Bertz CT molecular complexity index is 1900. The highest BCUT2D eigenvalue weighted by atomic mass is 19.3. The van der Waals surface area contributed by atoms with Crippen LogP contribution in [0.4, 0.5) is 63.8 Å². The van der Waals surface area contributed by atoms with E-state index in [4.69, 9.17) is 9.97 Å². The number of anilines is 8. The maximum atomic E-state index is 14.1. The molecular formula is C35H45F4N14O2+. The maximum Gasteiger partial charge on any atom is 0.300 e. The van der Waals surface area contributed by atoms with Crippen LogP contribution in [-0.4, -0.2) is 120 Å². The van der Waals surface area contributed by atoms with Crippen molar-refractivity contribution < 1.29 is 32.3 Å². The molecule has 0 aliphatic carbocycles. The Balaban J connectivity index is 1.19. The van der Waals surface area contributed by atoms with Crippen molar-refractivity contribution in [3.05, 3.63) is 60.4 Å². The first-order valence-corrected chi connectivity index (χ1v) is 18.1. The normalized spacial score (nSPS) is 18.4. The fourth-order valence-corrected chi connectivity index (χ4v) is 6.60. The van der Waals surface area contributed by atoms with Crippen LogP contribution in [0.2, 0.25) is 0 Å². The molecular weight excluding hydrogens is 724 g/mol. The summed E-state index contributed by atoms with van der Waals surface area (Å²) in [6.45, 7) is 7.24. The molecule has 55 heavy (non-hydrogen) atoms. The number of pyridine rings is 2. The van der Waals surface area contributed by atoms with Crippen LogP contribution in [0, 0.1) is 0 Å². The van der Waals surface area contributed by atoms with E-state index < -0.39 is 36.5 Å². The molecule has 20 heteroatoms. The molecule has 3 aliphatic heterocycles. The van der Waals surface area contributed by atoms with E-state index in [1.807, 2.05) is 42.0 Å². The quantitative estimate of drug-likeness (QED) is 0.0865. The molecule has 0 radical (unpaired) electrons. The van der Waals surface area contributed by atoms with E-state index in [-0.39, 0.29) is 18.5 Å². The summed E-state index contributed by atoms with van der Waals surface area (Å²) in [6, 6.07) is 7.38. The Morgan fingerprint density at radius 1 is 0.818 bits per heavy atom. The van der Waals surface area contributed by atoms with E-state index in [2.05, 4.69) is 46.0 Å². The van der Waals surface area contributed by atoms with Crippen LogP contribution in [0.15, 0.2) is 49.1 Å². The topological polar surface area (TPSA) is 170 Å². The Kier molecular flexibility index (Phi) is 11.6. The van der Waals surface area contributed by atoms with Gasteiger partial charge in [-0.25, -0.2) is 47.4 Å². The second-order valence-electron chi connectivity index (χ2n) is 13.8. The Morgan fingerprint density at radius 3 is 2.18 bits per heavy atom. The summed E-state index contributed by atoms with van der Waals surface area (Å²) >= 11 is 0. The van der Waals surface area contributed by atoms with Gasteiger partial charge in [-0.05, 0) is 6.92 Å². The lowest BCUT2D eigenvalue weighted by atomic mass is 10.1. The average Bonchev–Trinajstić information content (AvgIpc) is 3.19. The number of aliphatic hydroxyl groups is 2. The lowest BCUT2D eigenvalue weighted by molar-refractivity contribution is -0.714. The van der Waals surface area contributed by atoms with Gasteiger partial charge in [-0.3, -0.25) is 5.32 Å². The van der Waals surface area contributed by atoms with Crippen LogP contribution in [0.25, 0.3) is 0 Å². The smallest absolute Gasteiger partial charge is 0.300 e. The van der Waals surface area contributed by atoms with Gasteiger partial charge in [0.25, 0.3) is 12.9 Å². The Labute approximate surface area is 315 Å². The van der Waals surface area contributed by atoms with Crippen LogP contribution in [-0.2, 0) is 0 Å². The molecule has 6 N–H and O–H groups in total. The largest absolute Gasteiger partial charge is 0.394 e. The summed E-state index contributed by atoms with van der Waals surface area (Å²) in [7, 11) is 1.86. The zero-order valence-corrected chi connectivity index (χ0v) is 30.5. The molecule has 4 aromatic rings. The molecule has 0 spiro atoms. The van der Waals surface area contributed by atoms with Gasteiger partial charge in [-0.15, -0.1) is 0 Å². The van der Waals surface area contributed by atoms with Crippen LogP contribution in [0.1, 0.15) is 37.3 Å². The molecule has 7 rings (SSSR count). The lowest BCUT2D eigenvalue weighted by Gasteiger charge is -2.38. The fraction of sp³-hybridized carbons (Fsp3) is 0.486. The summed E-state index contributed by atoms with van der Waals surface area (Å²) in [6.07, 6.45) is -1.63. The molecule has 0 aromatic carbocycles. The number of halogens is 4. The van der Waals surface area contributed by atoms with E-state index in [9.17, 15) is 27.8 Å². The predicted molar refractivity (Wildman–Crippen MR) is 199 cm³/mol. The minimum Gasteiger partial charge on any atom is -0.394 e. The second kappa shape index (κ2) is 16.7. The highest BCUT2D eigenvalue weighted by molar-refractivity contribution is 5.67. The van der Waals surface area contributed by atoms with Crippen LogP contribution in [0.5, 0.6) is 0 Å². The molecule has 294 valence electrons. The summed E-state index contributed by atoms with van der Waals surface area (Å²) in [5.74, 6) is 2.73. The maximum absolute atomic E-state index is 14.1. The molecule has 3 fully saturated rings. The number of rotatable bonds is 13. The molecule has 1 unspecified atom stereocenters. The van der Waals surface area contributed by atoms with Gasteiger partial charge in [0.1, 0.15) is 47.1 Å². The van der Waals surface area contributed by atoms with Crippen molar-refractivity contribution in [3.63, 3.8) is 0 Å². The van der Waals surface area contributed by atoms with Crippen molar-refractivity contribution in [1.82, 2.24) is 35.6 Å². The van der Waals surface area contributed by atoms with E-state index in [1.54, 1.807) is 10.6 Å². The van der Waals surface area contributed by atoms with Gasteiger partial charge in [0.2, 0.25) is 5.82 Å². The standard InChI is InChI=1S/C35H44F4N14O2/c1-21(20-54)49(2)30-11-22(50-6-3-40-4-7-50)9-28(46-30)48-32-15-43-26(35(38)39)18-53(32)33-19-51(8-5-41-33)23-10-27(47-31(12-23)52-16-24(55)17-52)45-29-14-42-25(13-44-29)34(36)37/h9-15,18,21,24,33-35,40-41,54-55H,3-8,16-17,19-20H2,1-2H3,(H,44,45,47)/p+1/t21-,33?/m0/s1. The molecule has 16 nitrogen and oxygen atoms in total. The molecule has 4 aromatic heterocycles. The molecule has 2 atom stereocenters. The van der Waals surface area contributed by atoms with Crippen LogP contribution >= 0.6 is 0 Å². The number of alkyl halides is 4. The van der Waals surface area contributed by atoms with Gasteiger partial charge in [0.05, 0.1) is 37.7 Å². The molecule has 3 saturated heterocycles. The summed E-state index contributed by atoms with van der Waals surface area (Å²) in [5.41, 5.74) is 0.850. The van der Waals surface area contributed by atoms with Crippen molar-refractivity contribution in [1.29, 1.82) is 0 Å². The Morgan fingerprint density at radius 2 is 1.51 bits per heavy atom. The molecule has 0 saturated carbocycles. The van der Waals surface area contributed by atoms with E-state index >= 15 is 0 Å². The van der Waals surface area contributed by atoms with Gasteiger partial charge in [-0.1, -0.05) is 0 Å². The number of hydrogen-bond donors (Lipinski definition) is 6. The SMILES string of the molecule is C[C@@H](CO)N(C)c1cc(N2CCNCC2)cc(Nc2cnc(C(F)F)c[n+]2C2CN(c3cc(Nc4cnc(C(F)F)cn4)nc(N4CC(O)C4)c3)CCN2)n1. The van der Waals surface area contributed by atoms with Gasteiger partial charge in [0, 0.05) is 95.0 Å². The zero-order chi connectivity index (χ0) is 38.6. The molecule has 0 bridgehead atoms. The monoisotopic (exact) mass is 769 g/mol. The lowest BCUT2D eigenvalue weighted by Crippen LogP contribution is -2.59. The number of β-amino-alcohol motifs (C(OH)–C–C–N with tert-alkyl or cyclic N) is 1. The zero-order valence-electron chi connectivity index (χ0n) is 30.5. The number of piperazine rings is 2. The number of nitrogens with zero attached hydrogens (tertiary/aromatic N) is 10. The minimum absolute atomic E-state index is 0.0688. The van der Waals surface area contributed by atoms with E-state index in [1.165, 1.54) is 18.6 Å².